The van der Waals surface area contributed by atoms with Crippen LogP contribution in [0.2, 0.25) is 0 Å². The van der Waals surface area contributed by atoms with Crippen molar-refractivity contribution in [3.63, 3.8) is 0 Å². The van der Waals surface area contributed by atoms with E-state index in [-0.39, 0.29) is 17.3 Å². The summed E-state index contributed by atoms with van der Waals surface area (Å²) in [6, 6.07) is 2.94. The van der Waals surface area contributed by atoms with Crippen LogP contribution >= 0.6 is 0 Å². The van der Waals surface area contributed by atoms with E-state index in [4.69, 9.17) is 5.11 Å². The van der Waals surface area contributed by atoms with Crippen molar-refractivity contribution in [3.8, 4) is 11.3 Å². The third kappa shape index (κ3) is 3.79. The van der Waals surface area contributed by atoms with Crippen LogP contribution in [0.1, 0.15) is 21.5 Å². The largest absolute Gasteiger partial charge is 0.478 e. The van der Waals surface area contributed by atoms with Gasteiger partial charge in [0.05, 0.1) is 22.4 Å². The zero-order valence-corrected chi connectivity index (χ0v) is 11.0. The van der Waals surface area contributed by atoms with E-state index in [2.05, 4.69) is 4.98 Å². The molecule has 2 rings (SSSR count). The third-order valence-corrected chi connectivity index (χ3v) is 2.89. The Morgan fingerprint density at radius 1 is 0.913 bits per heavy atom. The Labute approximate surface area is 125 Å². The fraction of sp³-hybridized carbons (Fsp3) is 0.143. The summed E-state index contributed by atoms with van der Waals surface area (Å²) in [5, 5.41) is 8.84. The van der Waals surface area contributed by atoms with Crippen LogP contribution in [-0.2, 0) is 12.4 Å². The van der Waals surface area contributed by atoms with Gasteiger partial charge in [0.15, 0.2) is 0 Å². The molecule has 3 nitrogen and oxygen atoms in total. The lowest BCUT2D eigenvalue weighted by molar-refractivity contribution is -0.143. The molecule has 0 saturated heterocycles. The number of alkyl halides is 6. The number of aromatic carboxylic acids is 1. The predicted molar refractivity (Wildman–Crippen MR) is 66.6 cm³/mol. The molecule has 0 aliphatic rings. The summed E-state index contributed by atoms with van der Waals surface area (Å²) in [6.07, 6.45) is -8.98. The topological polar surface area (TPSA) is 50.2 Å². The first-order valence-electron chi connectivity index (χ1n) is 5.97. The average molecular weight is 335 g/mol. The zero-order valence-electron chi connectivity index (χ0n) is 11.0. The minimum Gasteiger partial charge on any atom is -0.478 e. The molecule has 0 amide bonds. The van der Waals surface area contributed by atoms with Crippen LogP contribution in [0, 0.1) is 0 Å². The number of halogens is 6. The fourth-order valence-electron chi connectivity index (χ4n) is 1.82. The molecule has 9 heteroatoms. The van der Waals surface area contributed by atoms with Gasteiger partial charge in [-0.1, -0.05) is 0 Å². The van der Waals surface area contributed by atoms with Crippen molar-refractivity contribution in [1.82, 2.24) is 4.98 Å². The van der Waals surface area contributed by atoms with E-state index < -0.39 is 35.0 Å². The number of nitrogens with zero attached hydrogens (tertiary/aromatic N) is 1. The van der Waals surface area contributed by atoms with E-state index in [1.807, 2.05) is 0 Å². The highest BCUT2D eigenvalue weighted by Crippen LogP contribution is 2.38. The molecule has 0 atom stereocenters. The van der Waals surface area contributed by atoms with Crippen molar-refractivity contribution in [3.05, 3.63) is 53.2 Å². The molecule has 2 aromatic rings. The summed E-state index contributed by atoms with van der Waals surface area (Å²) in [5.41, 5.74) is -4.08. The molecule has 1 aromatic carbocycles. The van der Waals surface area contributed by atoms with Crippen molar-refractivity contribution in [2.24, 2.45) is 0 Å². The molecule has 0 spiro atoms. The van der Waals surface area contributed by atoms with Gasteiger partial charge in [-0.2, -0.15) is 26.3 Å². The van der Waals surface area contributed by atoms with E-state index in [0.717, 1.165) is 18.3 Å². The second-order valence-electron chi connectivity index (χ2n) is 4.53. The molecule has 1 N–H and O–H groups in total. The molecule has 0 unspecified atom stereocenters. The van der Waals surface area contributed by atoms with Crippen molar-refractivity contribution in [1.29, 1.82) is 0 Å². The molecule has 0 aliphatic carbocycles. The van der Waals surface area contributed by atoms with Crippen molar-refractivity contribution >= 4 is 5.97 Å². The number of carbonyl (C=O) groups is 1. The first-order chi connectivity index (χ1) is 10.5. The van der Waals surface area contributed by atoms with Gasteiger partial charge in [0.25, 0.3) is 0 Å². The maximum absolute atomic E-state index is 12.8. The van der Waals surface area contributed by atoms with Gasteiger partial charge in [-0.25, -0.2) is 4.79 Å². The van der Waals surface area contributed by atoms with Crippen LogP contribution < -0.4 is 0 Å². The van der Waals surface area contributed by atoms with Crippen molar-refractivity contribution in [2.75, 3.05) is 0 Å². The molecule has 0 fully saturated rings. The number of carboxylic acids is 1. The smallest absolute Gasteiger partial charge is 0.416 e. The molecule has 122 valence electrons. The Balaban J connectivity index is 2.67. The van der Waals surface area contributed by atoms with E-state index in [1.165, 1.54) is 0 Å². The van der Waals surface area contributed by atoms with Crippen LogP contribution in [0.15, 0.2) is 36.5 Å². The van der Waals surface area contributed by atoms with Gasteiger partial charge in [-0.15, -0.1) is 0 Å². The van der Waals surface area contributed by atoms with Crippen molar-refractivity contribution < 1.29 is 36.2 Å². The Morgan fingerprint density at radius 3 is 1.87 bits per heavy atom. The van der Waals surface area contributed by atoms with Gasteiger partial charge >= 0.3 is 18.3 Å². The van der Waals surface area contributed by atoms with E-state index in [0.29, 0.717) is 12.1 Å². The first-order valence-corrected chi connectivity index (χ1v) is 5.97. The Bertz CT molecular complexity index is 719. The number of rotatable bonds is 2. The highest BCUT2D eigenvalue weighted by molar-refractivity contribution is 5.88. The number of aromatic nitrogens is 1. The second kappa shape index (κ2) is 5.56. The summed E-state index contributed by atoms with van der Waals surface area (Å²) in [6.45, 7) is 0. The summed E-state index contributed by atoms with van der Waals surface area (Å²) in [4.78, 5) is 14.5. The van der Waals surface area contributed by atoms with Crippen LogP contribution in [0.3, 0.4) is 0 Å². The summed E-state index contributed by atoms with van der Waals surface area (Å²) in [7, 11) is 0. The van der Waals surface area contributed by atoms with Gasteiger partial charge in [0.1, 0.15) is 0 Å². The average Bonchev–Trinajstić information content (AvgIpc) is 2.45. The normalized spacial score (nSPS) is 12.3. The number of benzene rings is 1. The Hall–Kier alpha value is -2.58. The minimum absolute atomic E-state index is 0.00938. The zero-order chi connectivity index (χ0) is 17.4. The van der Waals surface area contributed by atoms with Crippen molar-refractivity contribution in [2.45, 2.75) is 12.4 Å². The lowest BCUT2D eigenvalue weighted by Gasteiger charge is -2.14. The Morgan fingerprint density at radius 2 is 1.43 bits per heavy atom. The molecule has 0 bridgehead atoms. The van der Waals surface area contributed by atoms with Gasteiger partial charge < -0.3 is 5.11 Å². The lowest BCUT2D eigenvalue weighted by atomic mass is 10.0. The summed E-state index contributed by atoms with van der Waals surface area (Å²) >= 11 is 0. The summed E-state index contributed by atoms with van der Waals surface area (Å²) < 4.78 is 76.7. The van der Waals surface area contributed by atoms with Gasteiger partial charge in [-0.3, -0.25) is 4.98 Å². The Kier molecular flexibility index (Phi) is 4.06. The summed E-state index contributed by atoms with van der Waals surface area (Å²) in [5.74, 6) is -1.38. The van der Waals surface area contributed by atoms with Crippen LogP contribution in [-0.4, -0.2) is 16.1 Å². The van der Waals surface area contributed by atoms with E-state index >= 15 is 0 Å². The standard InChI is InChI=1S/C14H7F6NO2/c15-13(16,17)9-3-8(4-10(6-9)14(18,19)20)11-5-7(12(22)23)1-2-21-11/h1-6H,(H,22,23). The molecule has 1 heterocycles. The maximum atomic E-state index is 12.8. The van der Waals surface area contributed by atoms with Gasteiger partial charge in [0.2, 0.25) is 0 Å². The molecule has 0 saturated carbocycles. The second-order valence-corrected chi connectivity index (χ2v) is 4.53. The fourth-order valence-corrected chi connectivity index (χ4v) is 1.82. The van der Waals surface area contributed by atoms with Crippen LogP contribution in [0.5, 0.6) is 0 Å². The van der Waals surface area contributed by atoms with Crippen LogP contribution in [0.25, 0.3) is 11.3 Å². The number of pyridine rings is 1. The predicted octanol–water partition coefficient (Wildman–Crippen LogP) is 4.48. The number of hydrogen-bond acceptors (Lipinski definition) is 2. The number of hydrogen-bond donors (Lipinski definition) is 1. The highest BCUT2D eigenvalue weighted by atomic mass is 19.4. The minimum atomic E-state index is -4.99. The molecule has 1 aromatic heterocycles. The molecular formula is C14H7F6NO2. The van der Waals surface area contributed by atoms with Gasteiger partial charge in [0, 0.05) is 11.8 Å². The molecule has 0 radical (unpaired) electrons. The molecule has 0 aliphatic heterocycles. The van der Waals surface area contributed by atoms with E-state index in [1.54, 1.807) is 0 Å². The quantitative estimate of drug-likeness (QED) is 0.823. The van der Waals surface area contributed by atoms with Gasteiger partial charge in [-0.05, 0) is 30.3 Å². The number of carboxylic acid groups (broad SMARTS) is 1. The first kappa shape index (κ1) is 16.8. The maximum Gasteiger partial charge on any atom is 0.416 e. The highest BCUT2D eigenvalue weighted by Gasteiger charge is 2.37. The third-order valence-electron chi connectivity index (χ3n) is 2.89. The molecular weight excluding hydrogens is 328 g/mol. The molecule has 23 heavy (non-hydrogen) atoms. The monoisotopic (exact) mass is 335 g/mol. The lowest BCUT2D eigenvalue weighted by Crippen LogP contribution is -2.11. The van der Waals surface area contributed by atoms with Crippen LogP contribution in [0.4, 0.5) is 26.3 Å². The van der Waals surface area contributed by atoms with E-state index in [9.17, 15) is 31.1 Å². The SMILES string of the molecule is O=C(O)c1ccnc(-c2cc(C(F)(F)F)cc(C(F)(F)F)c2)c1.